The number of carbonyl (C=O) groups excluding carboxylic acids is 1. The van der Waals surface area contributed by atoms with Gasteiger partial charge in [-0.05, 0) is 13.8 Å². The van der Waals surface area contributed by atoms with Crippen molar-refractivity contribution in [3.05, 3.63) is 0 Å². The highest BCUT2D eigenvalue weighted by atomic mass is 16.5. The molecule has 5 heteroatoms. The Bertz CT molecular complexity index is 195. The number of nitrogens with zero attached hydrogens (tertiary/aromatic N) is 1. The average molecular weight is 202 g/mol. The van der Waals surface area contributed by atoms with Gasteiger partial charge in [0.15, 0.2) is 0 Å². The van der Waals surface area contributed by atoms with Gasteiger partial charge < -0.3 is 20.1 Å². The van der Waals surface area contributed by atoms with Crippen molar-refractivity contribution in [3.63, 3.8) is 0 Å². The first-order valence-electron chi connectivity index (χ1n) is 4.82. The molecule has 14 heavy (non-hydrogen) atoms. The lowest BCUT2D eigenvalue weighted by Crippen LogP contribution is -2.49. The molecule has 0 aromatic heterocycles. The molecule has 0 spiro atoms. The number of hydrogen-bond donors (Lipinski definition) is 2. The lowest BCUT2D eigenvalue weighted by Gasteiger charge is -2.28. The van der Waals surface area contributed by atoms with E-state index in [1.54, 1.807) is 18.7 Å². The van der Waals surface area contributed by atoms with E-state index in [0.717, 1.165) is 0 Å². The van der Waals surface area contributed by atoms with E-state index < -0.39 is 5.60 Å². The topological polar surface area (TPSA) is 61.8 Å². The summed E-state index contributed by atoms with van der Waals surface area (Å²) in [6, 6.07) is -0.129. The summed E-state index contributed by atoms with van der Waals surface area (Å²) in [6.07, 6.45) is 0. The quantitative estimate of drug-likeness (QED) is 0.652. The maximum absolute atomic E-state index is 11.5. The zero-order valence-electron chi connectivity index (χ0n) is 8.75. The Hall–Kier alpha value is -0.810. The summed E-state index contributed by atoms with van der Waals surface area (Å²) in [5.74, 6) is 0. The maximum Gasteiger partial charge on any atom is 0.317 e. The van der Waals surface area contributed by atoms with Gasteiger partial charge in [0.05, 0.1) is 18.8 Å². The molecule has 2 N–H and O–H groups in total. The summed E-state index contributed by atoms with van der Waals surface area (Å²) < 4.78 is 5.12. The maximum atomic E-state index is 11.5. The van der Waals surface area contributed by atoms with E-state index in [-0.39, 0.29) is 12.6 Å². The van der Waals surface area contributed by atoms with Crippen LogP contribution in [0.1, 0.15) is 13.8 Å². The molecule has 1 heterocycles. The summed E-state index contributed by atoms with van der Waals surface area (Å²) in [4.78, 5) is 13.2. The number of carbonyl (C=O) groups is 1. The molecule has 1 aliphatic heterocycles. The number of urea groups is 1. The minimum atomic E-state index is -0.859. The summed E-state index contributed by atoms with van der Waals surface area (Å²) >= 11 is 0. The van der Waals surface area contributed by atoms with E-state index in [4.69, 9.17) is 4.74 Å². The molecule has 0 aliphatic carbocycles. The van der Waals surface area contributed by atoms with Crippen LogP contribution in [-0.2, 0) is 4.74 Å². The number of ether oxygens (including phenoxy) is 1. The fraction of sp³-hybridized carbons (Fsp3) is 0.889. The molecule has 1 rings (SSSR count). The molecule has 1 aliphatic rings. The Morgan fingerprint density at radius 1 is 1.50 bits per heavy atom. The number of aliphatic hydroxyl groups is 1. The Morgan fingerprint density at radius 3 is 2.57 bits per heavy atom. The van der Waals surface area contributed by atoms with Crippen molar-refractivity contribution in [2.75, 3.05) is 32.8 Å². The molecule has 0 atom stereocenters. The molecule has 0 radical (unpaired) electrons. The molecule has 1 saturated heterocycles. The highest BCUT2D eigenvalue weighted by Gasteiger charge is 2.19. The SMILES string of the molecule is CC(C)(O)CNC(=O)N1CCOCC1. The predicted molar refractivity (Wildman–Crippen MR) is 52.1 cm³/mol. The Morgan fingerprint density at radius 2 is 2.07 bits per heavy atom. The summed E-state index contributed by atoms with van der Waals surface area (Å²) in [7, 11) is 0. The van der Waals surface area contributed by atoms with E-state index in [1.807, 2.05) is 0 Å². The minimum Gasteiger partial charge on any atom is -0.389 e. The van der Waals surface area contributed by atoms with Gasteiger partial charge in [-0.25, -0.2) is 4.79 Å². The number of nitrogens with one attached hydrogen (secondary N) is 1. The second kappa shape index (κ2) is 4.61. The first-order chi connectivity index (χ1) is 6.49. The van der Waals surface area contributed by atoms with Crippen molar-refractivity contribution in [3.8, 4) is 0 Å². The highest BCUT2D eigenvalue weighted by Crippen LogP contribution is 2.00. The van der Waals surface area contributed by atoms with Crippen LogP contribution in [0.5, 0.6) is 0 Å². The monoisotopic (exact) mass is 202 g/mol. The van der Waals surface area contributed by atoms with Crippen molar-refractivity contribution in [1.29, 1.82) is 0 Å². The number of rotatable bonds is 2. The Labute approximate surface area is 84.0 Å². The third kappa shape index (κ3) is 3.93. The number of amides is 2. The van der Waals surface area contributed by atoms with E-state index >= 15 is 0 Å². The highest BCUT2D eigenvalue weighted by molar-refractivity contribution is 5.74. The van der Waals surface area contributed by atoms with Crippen LogP contribution in [0.3, 0.4) is 0 Å². The van der Waals surface area contributed by atoms with Crippen molar-refractivity contribution in [2.24, 2.45) is 0 Å². The third-order valence-corrected chi connectivity index (χ3v) is 1.97. The van der Waals surface area contributed by atoms with E-state index in [2.05, 4.69) is 5.32 Å². The number of morpholine rings is 1. The van der Waals surface area contributed by atoms with Crippen LogP contribution in [0.15, 0.2) is 0 Å². The summed E-state index contributed by atoms with van der Waals surface area (Å²) in [5.41, 5.74) is -0.859. The van der Waals surface area contributed by atoms with Gasteiger partial charge in [0.2, 0.25) is 0 Å². The van der Waals surface area contributed by atoms with Crippen LogP contribution in [-0.4, -0.2) is 54.5 Å². The molecule has 0 saturated carbocycles. The van der Waals surface area contributed by atoms with Crippen molar-refractivity contribution in [1.82, 2.24) is 10.2 Å². The Kier molecular flexibility index (Phi) is 3.71. The van der Waals surface area contributed by atoms with Crippen LogP contribution in [0.25, 0.3) is 0 Å². The minimum absolute atomic E-state index is 0.129. The molecular formula is C9H18N2O3. The fourth-order valence-corrected chi connectivity index (χ4v) is 1.17. The molecule has 0 aromatic rings. The van der Waals surface area contributed by atoms with Crippen molar-refractivity contribution in [2.45, 2.75) is 19.4 Å². The first-order valence-corrected chi connectivity index (χ1v) is 4.82. The molecule has 2 amide bonds. The van der Waals surface area contributed by atoms with Gasteiger partial charge in [-0.3, -0.25) is 0 Å². The van der Waals surface area contributed by atoms with Gasteiger partial charge in [-0.1, -0.05) is 0 Å². The van der Waals surface area contributed by atoms with Crippen LogP contribution in [0, 0.1) is 0 Å². The summed E-state index contributed by atoms with van der Waals surface area (Å²) in [5, 5.41) is 12.1. The first kappa shape index (κ1) is 11.3. The molecule has 0 aromatic carbocycles. The van der Waals surface area contributed by atoms with Crippen LogP contribution >= 0.6 is 0 Å². The molecule has 1 fully saturated rings. The zero-order chi connectivity index (χ0) is 10.6. The summed E-state index contributed by atoms with van der Waals surface area (Å²) in [6.45, 7) is 6.02. The van der Waals surface area contributed by atoms with Crippen LogP contribution < -0.4 is 5.32 Å². The lowest BCUT2D eigenvalue weighted by atomic mass is 10.1. The zero-order valence-corrected chi connectivity index (χ0v) is 8.75. The molecular weight excluding hydrogens is 184 g/mol. The van der Waals surface area contributed by atoms with E-state index in [9.17, 15) is 9.90 Å². The number of hydrogen-bond acceptors (Lipinski definition) is 3. The van der Waals surface area contributed by atoms with E-state index in [0.29, 0.717) is 26.3 Å². The van der Waals surface area contributed by atoms with Crippen LogP contribution in [0.2, 0.25) is 0 Å². The second-order valence-electron chi connectivity index (χ2n) is 4.07. The lowest BCUT2D eigenvalue weighted by molar-refractivity contribution is 0.0480. The second-order valence-corrected chi connectivity index (χ2v) is 4.07. The van der Waals surface area contributed by atoms with E-state index in [1.165, 1.54) is 0 Å². The van der Waals surface area contributed by atoms with Crippen molar-refractivity contribution < 1.29 is 14.6 Å². The average Bonchev–Trinajstić information content (AvgIpc) is 2.14. The Balaban J connectivity index is 2.27. The van der Waals surface area contributed by atoms with Gasteiger partial charge in [0.25, 0.3) is 0 Å². The smallest absolute Gasteiger partial charge is 0.317 e. The standard InChI is InChI=1S/C9H18N2O3/c1-9(2,13)7-10-8(12)11-3-5-14-6-4-11/h13H,3-7H2,1-2H3,(H,10,12). The van der Waals surface area contributed by atoms with Gasteiger partial charge in [0, 0.05) is 19.6 Å². The van der Waals surface area contributed by atoms with Gasteiger partial charge in [0.1, 0.15) is 0 Å². The third-order valence-electron chi connectivity index (χ3n) is 1.97. The van der Waals surface area contributed by atoms with Gasteiger partial charge in [-0.2, -0.15) is 0 Å². The molecule has 5 nitrogen and oxygen atoms in total. The fourth-order valence-electron chi connectivity index (χ4n) is 1.17. The largest absolute Gasteiger partial charge is 0.389 e. The molecule has 82 valence electrons. The van der Waals surface area contributed by atoms with Crippen molar-refractivity contribution >= 4 is 6.03 Å². The van der Waals surface area contributed by atoms with Gasteiger partial charge in [-0.15, -0.1) is 0 Å². The van der Waals surface area contributed by atoms with Crippen LogP contribution in [0.4, 0.5) is 4.79 Å². The molecule has 0 bridgehead atoms. The molecule has 0 unspecified atom stereocenters. The predicted octanol–water partition coefficient (Wildman–Crippen LogP) is -0.201. The normalized spacial score (nSPS) is 18.1. The van der Waals surface area contributed by atoms with Gasteiger partial charge >= 0.3 is 6.03 Å².